The molecule has 2 rings (SSSR count). The van der Waals surface area contributed by atoms with E-state index in [2.05, 4.69) is 4.98 Å². The SMILES string of the molecule is Cc1cc(F)c2c(C)c(C(=O)O)n(SI)c2n1. The number of halogens is 2. The van der Waals surface area contributed by atoms with Crippen LogP contribution in [0.3, 0.4) is 0 Å². The summed E-state index contributed by atoms with van der Waals surface area (Å²) >= 11 is 1.95. The van der Waals surface area contributed by atoms with Gasteiger partial charge in [-0.1, -0.05) is 0 Å². The minimum atomic E-state index is -1.08. The topological polar surface area (TPSA) is 55.1 Å². The van der Waals surface area contributed by atoms with Gasteiger partial charge in [-0.3, -0.25) is 3.97 Å². The molecule has 4 nitrogen and oxygen atoms in total. The summed E-state index contributed by atoms with van der Waals surface area (Å²) in [6, 6.07) is 1.31. The maximum atomic E-state index is 13.8. The van der Waals surface area contributed by atoms with Crippen LogP contribution in [0, 0.1) is 19.7 Å². The highest BCUT2D eigenvalue weighted by atomic mass is 127. The molecule has 0 amide bonds. The molecule has 0 spiro atoms. The molecule has 0 unspecified atom stereocenters. The van der Waals surface area contributed by atoms with Crippen LogP contribution in [0.4, 0.5) is 4.39 Å². The number of hydrogen-bond acceptors (Lipinski definition) is 3. The van der Waals surface area contributed by atoms with Crippen molar-refractivity contribution in [3.05, 3.63) is 28.8 Å². The number of aryl methyl sites for hydroxylation is 2. The van der Waals surface area contributed by atoms with E-state index in [9.17, 15) is 9.18 Å². The summed E-state index contributed by atoms with van der Waals surface area (Å²) in [6.45, 7) is 3.27. The zero-order valence-electron chi connectivity index (χ0n) is 8.99. The van der Waals surface area contributed by atoms with Gasteiger partial charge in [-0.05, 0) is 25.5 Å². The lowest BCUT2D eigenvalue weighted by atomic mass is 10.2. The Morgan fingerprint density at radius 3 is 2.76 bits per heavy atom. The van der Waals surface area contributed by atoms with Gasteiger partial charge in [0.15, 0.2) is 5.65 Å². The van der Waals surface area contributed by atoms with Crippen molar-refractivity contribution >= 4 is 47.3 Å². The molecule has 0 aliphatic rings. The zero-order valence-corrected chi connectivity index (χ0v) is 12.0. The van der Waals surface area contributed by atoms with E-state index in [1.54, 1.807) is 13.8 Å². The van der Waals surface area contributed by atoms with Gasteiger partial charge in [0.2, 0.25) is 0 Å². The van der Waals surface area contributed by atoms with Gasteiger partial charge in [-0.2, -0.15) is 0 Å². The van der Waals surface area contributed by atoms with Gasteiger partial charge in [-0.15, -0.1) is 0 Å². The average Bonchev–Trinajstić information content (AvgIpc) is 2.50. The molecule has 7 heteroatoms. The van der Waals surface area contributed by atoms with Gasteiger partial charge in [-0.25, -0.2) is 14.2 Å². The Labute approximate surface area is 113 Å². The van der Waals surface area contributed by atoms with Gasteiger partial charge >= 0.3 is 5.97 Å². The smallest absolute Gasteiger partial charge is 0.353 e. The lowest BCUT2D eigenvalue weighted by molar-refractivity contribution is 0.0689. The fourth-order valence-corrected chi connectivity index (χ4v) is 3.43. The summed E-state index contributed by atoms with van der Waals surface area (Å²) in [7, 11) is 1.17. The van der Waals surface area contributed by atoms with E-state index < -0.39 is 11.8 Å². The van der Waals surface area contributed by atoms with Crippen LogP contribution in [0.5, 0.6) is 0 Å². The first-order valence-electron chi connectivity index (χ1n) is 4.68. The number of carboxylic acid groups (broad SMARTS) is 1. The summed E-state index contributed by atoms with van der Waals surface area (Å²) in [4.78, 5) is 15.4. The Morgan fingerprint density at radius 2 is 2.24 bits per heavy atom. The number of carbonyl (C=O) groups is 1. The summed E-state index contributed by atoms with van der Waals surface area (Å²) in [5.41, 5.74) is 1.35. The highest BCUT2D eigenvalue weighted by Crippen LogP contribution is 2.32. The fraction of sp³-hybridized carbons (Fsp3) is 0.200. The lowest BCUT2D eigenvalue weighted by Gasteiger charge is -2.01. The largest absolute Gasteiger partial charge is 0.477 e. The minimum Gasteiger partial charge on any atom is -0.477 e. The van der Waals surface area contributed by atoms with Crippen LogP contribution >= 0.6 is 30.3 Å². The molecule has 1 N–H and O–H groups in total. The molecule has 0 atom stereocenters. The molecule has 90 valence electrons. The maximum Gasteiger partial charge on any atom is 0.353 e. The monoisotopic (exact) mass is 366 g/mol. The van der Waals surface area contributed by atoms with E-state index in [0.717, 1.165) is 0 Å². The number of aromatic nitrogens is 2. The first-order valence-corrected chi connectivity index (χ1v) is 7.99. The fourth-order valence-electron chi connectivity index (χ4n) is 1.80. The first-order chi connectivity index (χ1) is 7.97. The van der Waals surface area contributed by atoms with Crippen molar-refractivity contribution in [3.63, 3.8) is 0 Å². The molecule has 0 saturated carbocycles. The van der Waals surface area contributed by atoms with Gasteiger partial charge in [0.25, 0.3) is 0 Å². The molecule has 0 saturated heterocycles. The minimum absolute atomic E-state index is 0.0661. The van der Waals surface area contributed by atoms with Crippen LogP contribution in [0.1, 0.15) is 21.7 Å². The average molecular weight is 366 g/mol. The predicted octanol–water partition coefficient (Wildman–Crippen LogP) is 3.34. The number of rotatable bonds is 2. The van der Waals surface area contributed by atoms with Crippen LogP contribution in [-0.2, 0) is 0 Å². The zero-order chi connectivity index (χ0) is 12.7. The molecule has 0 bridgehead atoms. The van der Waals surface area contributed by atoms with Crippen LogP contribution in [-0.4, -0.2) is 20.0 Å². The Kier molecular flexibility index (Phi) is 3.30. The van der Waals surface area contributed by atoms with Crippen molar-refractivity contribution in [1.29, 1.82) is 0 Å². The number of fused-ring (bicyclic) bond motifs is 1. The van der Waals surface area contributed by atoms with E-state index in [0.29, 0.717) is 16.9 Å². The molecule has 0 aliphatic heterocycles. The molecule has 17 heavy (non-hydrogen) atoms. The normalized spacial score (nSPS) is 11.1. The lowest BCUT2D eigenvalue weighted by Crippen LogP contribution is -2.04. The molecule has 0 fully saturated rings. The van der Waals surface area contributed by atoms with E-state index in [4.69, 9.17) is 5.11 Å². The highest BCUT2D eigenvalue weighted by molar-refractivity contribution is 14.2. The molecule has 2 aromatic rings. The second kappa shape index (κ2) is 4.45. The van der Waals surface area contributed by atoms with Crippen molar-refractivity contribution in [3.8, 4) is 0 Å². The second-order valence-corrected chi connectivity index (χ2v) is 5.27. The molecule has 0 aliphatic carbocycles. The molecule has 0 radical (unpaired) electrons. The summed E-state index contributed by atoms with van der Waals surface area (Å²) in [5.74, 6) is -1.52. The number of nitrogens with zero attached hydrogens (tertiary/aromatic N) is 2. The van der Waals surface area contributed by atoms with Gasteiger partial charge < -0.3 is 5.11 Å². The Hall–Kier alpha value is -0.830. The summed E-state index contributed by atoms with van der Waals surface area (Å²) in [5, 5.41) is 9.43. The van der Waals surface area contributed by atoms with Gasteiger partial charge in [0.1, 0.15) is 11.5 Å². The molecule has 2 aromatic heterocycles. The standard InChI is InChI=1S/C10H8FIN2O2S/c1-4-3-6(11)7-5(2)8(10(15)16)14(17-12)9(7)13-4/h3H,1-2H3,(H,15,16). The number of aromatic carboxylic acids is 1. The van der Waals surface area contributed by atoms with Crippen LogP contribution in [0.25, 0.3) is 11.0 Å². The molecular formula is C10H8FIN2O2S. The first kappa shape index (κ1) is 12.6. The molecule has 2 heterocycles. The summed E-state index contributed by atoms with van der Waals surface area (Å²) < 4.78 is 15.3. The quantitative estimate of drug-likeness (QED) is 0.829. The predicted molar refractivity (Wildman–Crippen MR) is 73.1 cm³/mol. The Bertz CT molecular complexity index is 627. The number of pyridine rings is 1. The third-order valence-electron chi connectivity index (χ3n) is 2.48. The Balaban J connectivity index is 2.99. The van der Waals surface area contributed by atoms with Gasteiger partial charge in [0, 0.05) is 36.0 Å². The van der Waals surface area contributed by atoms with Crippen LogP contribution in [0.2, 0.25) is 0 Å². The molecule has 0 aromatic carbocycles. The van der Waals surface area contributed by atoms with Crippen LogP contribution < -0.4 is 0 Å². The molecular weight excluding hydrogens is 358 g/mol. The van der Waals surface area contributed by atoms with Crippen molar-refractivity contribution in [2.45, 2.75) is 13.8 Å². The number of hydrogen-bond donors (Lipinski definition) is 1. The van der Waals surface area contributed by atoms with Crippen molar-refractivity contribution in [2.75, 3.05) is 0 Å². The van der Waals surface area contributed by atoms with Gasteiger partial charge in [0.05, 0.1) is 5.39 Å². The second-order valence-electron chi connectivity index (χ2n) is 3.59. The number of carboxylic acids is 1. The maximum absolute atomic E-state index is 13.8. The third-order valence-corrected chi connectivity index (χ3v) is 4.15. The van der Waals surface area contributed by atoms with Crippen molar-refractivity contribution < 1.29 is 14.3 Å². The highest BCUT2D eigenvalue weighted by Gasteiger charge is 2.23. The Morgan fingerprint density at radius 1 is 1.59 bits per heavy atom. The summed E-state index contributed by atoms with van der Waals surface area (Å²) in [6.07, 6.45) is 0. The van der Waals surface area contributed by atoms with E-state index in [1.807, 2.05) is 21.2 Å². The van der Waals surface area contributed by atoms with E-state index in [1.165, 1.54) is 19.2 Å². The third kappa shape index (κ3) is 1.90. The van der Waals surface area contributed by atoms with Crippen LogP contribution in [0.15, 0.2) is 6.07 Å². The van der Waals surface area contributed by atoms with E-state index in [-0.39, 0.29) is 11.1 Å². The van der Waals surface area contributed by atoms with Crippen molar-refractivity contribution in [2.24, 2.45) is 0 Å². The van der Waals surface area contributed by atoms with E-state index >= 15 is 0 Å². The van der Waals surface area contributed by atoms with Crippen molar-refractivity contribution in [1.82, 2.24) is 8.96 Å².